The highest BCUT2D eigenvalue weighted by atomic mass is 32.1. The molecule has 0 aliphatic carbocycles. The number of hydrogen-bond donors (Lipinski definition) is 2. The van der Waals surface area contributed by atoms with Gasteiger partial charge in [0.2, 0.25) is 0 Å². The lowest BCUT2D eigenvalue weighted by molar-refractivity contribution is 0.523. The van der Waals surface area contributed by atoms with E-state index in [-0.39, 0.29) is 0 Å². The highest BCUT2D eigenvalue weighted by Gasteiger charge is 2.12. The molecule has 3 nitrogen and oxygen atoms in total. The molecule has 0 amide bonds. The summed E-state index contributed by atoms with van der Waals surface area (Å²) in [5.41, 5.74) is 0. The molecule has 0 bridgehead atoms. The van der Waals surface area contributed by atoms with Gasteiger partial charge in [-0.1, -0.05) is 0 Å². The third kappa shape index (κ3) is 3.04. The number of nitrogens with one attached hydrogen (secondary N) is 2. The van der Waals surface area contributed by atoms with Gasteiger partial charge in [0.15, 0.2) is 0 Å². The van der Waals surface area contributed by atoms with E-state index in [1.807, 2.05) is 11.6 Å². The normalized spacial score (nSPS) is 21.6. The molecule has 1 aliphatic heterocycles. The fourth-order valence-electron chi connectivity index (χ4n) is 1.81. The van der Waals surface area contributed by atoms with E-state index in [0.717, 1.165) is 19.1 Å². The lowest BCUT2D eigenvalue weighted by Crippen LogP contribution is -2.26. The Morgan fingerprint density at radius 2 is 2.64 bits per heavy atom. The second-order valence-electron chi connectivity index (χ2n) is 3.68. The van der Waals surface area contributed by atoms with Gasteiger partial charge in [-0.2, -0.15) is 0 Å². The van der Waals surface area contributed by atoms with Crippen LogP contribution in [0.25, 0.3) is 0 Å². The molecule has 78 valence electrons. The molecule has 1 aromatic rings. The maximum absolute atomic E-state index is 4.23. The molecule has 1 unspecified atom stereocenters. The average molecular weight is 211 g/mol. The predicted molar refractivity (Wildman–Crippen MR) is 59.5 cm³/mol. The van der Waals surface area contributed by atoms with Crippen molar-refractivity contribution in [1.82, 2.24) is 15.6 Å². The quantitative estimate of drug-likeness (QED) is 0.722. The van der Waals surface area contributed by atoms with Crippen molar-refractivity contribution in [3.63, 3.8) is 0 Å². The third-order valence-electron chi connectivity index (χ3n) is 2.59. The second kappa shape index (κ2) is 5.44. The zero-order chi connectivity index (χ0) is 9.64. The van der Waals surface area contributed by atoms with Crippen LogP contribution in [0.4, 0.5) is 0 Å². The minimum Gasteiger partial charge on any atom is -0.314 e. The number of hydrogen-bond acceptors (Lipinski definition) is 4. The minimum atomic E-state index is 0.749. The summed E-state index contributed by atoms with van der Waals surface area (Å²) in [5.74, 6) is 0. The molecule has 0 aromatic carbocycles. The molecule has 0 spiro atoms. The Hall–Kier alpha value is -0.450. The minimum absolute atomic E-state index is 0.749. The van der Waals surface area contributed by atoms with Crippen LogP contribution in [0.1, 0.15) is 24.3 Å². The van der Waals surface area contributed by atoms with Gasteiger partial charge in [-0.05, 0) is 32.4 Å². The summed E-state index contributed by atoms with van der Waals surface area (Å²) in [5, 5.41) is 10.1. The maximum Gasteiger partial charge on any atom is 0.106 e. The molecule has 2 N–H and O–H groups in total. The van der Waals surface area contributed by atoms with Gasteiger partial charge in [0.25, 0.3) is 0 Å². The van der Waals surface area contributed by atoms with Gasteiger partial charge in [-0.25, -0.2) is 4.98 Å². The van der Waals surface area contributed by atoms with Crippen LogP contribution in [0.2, 0.25) is 0 Å². The van der Waals surface area contributed by atoms with Gasteiger partial charge in [-0.15, -0.1) is 11.3 Å². The monoisotopic (exact) mass is 211 g/mol. The summed E-state index contributed by atoms with van der Waals surface area (Å²) in [6.07, 6.45) is 5.79. The first kappa shape index (κ1) is 10.1. The number of aromatic nitrogens is 1. The molecule has 2 heterocycles. The highest BCUT2D eigenvalue weighted by Crippen LogP contribution is 2.08. The van der Waals surface area contributed by atoms with E-state index in [1.165, 1.54) is 30.8 Å². The van der Waals surface area contributed by atoms with Crippen molar-refractivity contribution in [2.45, 2.75) is 31.8 Å². The van der Waals surface area contributed by atoms with Crippen molar-refractivity contribution in [3.05, 3.63) is 16.6 Å². The van der Waals surface area contributed by atoms with Crippen molar-refractivity contribution in [1.29, 1.82) is 0 Å². The molecular weight excluding hydrogens is 194 g/mol. The van der Waals surface area contributed by atoms with E-state index in [4.69, 9.17) is 0 Å². The predicted octanol–water partition coefficient (Wildman–Crippen LogP) is 1.37. The first-order valence-corrected chi connectivity index (χ1v) is 6.15. The maximum atomic E-state index is 4.23. The second-order valence-corrected chi connectivity index (χ2v) is 4.66. The molecule has 1 atom stereocenters. The molecular formula is C10H17N3S. The average Bonchev–Trinajstić information content (AvgIpc) is 2.86. The standard InChI is InChI=1S/C10H17N3S/c1-2-9(12-4-1)3-5-11-8-10-13-6-7-14-10/h6-7,9,11-12H,1-5,8H2. The van der Waals surface area contributed by atoms with Gasteiger partial charge >= 0.3 is 0 Å². The molecule has 1 aliphatic rings. The largest absolute Gasteiger partial charge is 0.314 e. The Labute approximate surface area is 88.9 Å². The van der Waals surface area contributed by atoms with Gasteiger partial charge in [0.1, 0.15) is 5.01 Å². The molecule has 4 heteroatoms. The van der Waals surface area contributed by atoms with Crippen molar-refractivity contribution in [3.8, 4) is 0 Å². The van der Waals surface area contributed by atoms with Crippen LogP contribution in [0.3, 0.4) is 0 Å². The van der Waals surface area contributed by atoms with E-state index in [1.54, 1.807) is 11.3 Å². The summed E-state index contributed by atoms with van der Waals surface area (Å²) in [7, 11) is 0. The van der Waals surface area contributed by atoms with Crippen LogP contribution in [0.5, 0.6) is 0 Å². The summed E-state index contributed by atoms with van der Waals surface area (Å²) < 4.78 is 0. The zero-order valence-electron chi connectivity index (χ0n) is 8.33. The molecule has 0 saturated carbocycles. The van der Waals surface area contributed by atoms with E-state index >= 15 is 0 Å². The molecule has 1 fully saturated rings. The molecule has 0 radical (unpaired) electrons. The summed E-state index contributed by atoms with van der Waals surface area (Å²) in [6, 6.07) is 0.749. The lowest BCUT2D eigenvalue weighted by Gasteiger charge is -2.09. The lowest BCUT2D eigenvalue weighted by atomic mass is 10.1. The van der Waals surface area contributed by atoms with Crippen molar-refractivity contribution < 1.29 is 0 Å². The van der Waals surface area contributed by atoms with Gasteiger partial charge in [0, 0.05) is 24.2 Å². The summed E-state index contributed by atoms with van der Waals surface area (Å²) in [4.78, 5) is 4.23. The molecule has 1 saturated heterocycles. The van der Waals surface area contributed by atoms with Crippen LogP contribution >= 0.6 is 11.3 Å². The Balaban J connectivity index is 1.55. The molecule has 14 heavy (non-hydrogen) atoms. The van der Waals surface area contributed by atoms with Crippen LogP contribution in [0, 0.1) is 0 Å². The first-order chi connectivity index (χ1) is 6.95. The van der Waals surface area contributed by atoms with Crippen LogP contribution in [-0.4, -0.2) is 24.1 Å². The molecule has 2 rings (SSSR count). The SMILES string of the molecule is c1csc(CNCCC2CCCN2)n1. The van der Waals surface area contributed by atoms with Crippen molar-refractivity contribution in [2.75, 3.05) is 13.1 Å². The van der Waals surface area contributed by atoms with Gasteiger partial charge in [-0.3, -0.25) is 0 Å². The molecule has 1 aromatic heterocycles. The van der Waals surface area contributed by atoms with Gasteiger partial charge in [0.05, 0.1) is 0 Å². The Morgan fingerprint density at radius 1 is 1.64 bits per heavy atom. The fraction of sp³-hybridized carbons (Fsp3) is 0.700. The van der Waals surface area contributed by atoms with E-state index in [2.05, 4.69) is 15.6 Å². The number of rotatable bonds is 5. The fourth-order valence-corrected chi connectivity index (χ4v) is 2.40. The van der Waals surface area contributed by atoms with Crippen molar-refractivity contribution >= 4 is 11.3 Å². The Bertz CT molecular complexity index is 242. The van der Waals surface area contributed by atoms with Crippen LogP contribution < -0.4 is 10.6 Å². The van der Waals surface area contributed by atoms with Crippen LogP contribution in [0.15, 0.2) is 11.6 Å². The van der Waals surface area contributed by atoms with E-state index < -0.39 is 0 Å². The van der Waals surface area contributed by atoms with E-state index in [9.17, 15) is 0 Å². The number of thiazole rings is 1. The summed E-state index contributed by atoms with van der Waals surface area (Å²) >= 11 is 1.72. The van der Waals surface area contributed by atoms with Gasteiger partial charge < -0.3 is 10.6 Å². The Morgan fingerprint density at radius 3 is 3.36 bits per heavy atom. The third-order valence-corrected chi connectivity index (χ3v) is 3.37. The first-order valence-electron chi connectivity index (χ1n) is 5.27. The van der Waals surface area contributed by atoms with Crippen molar-refractivity contribution in [2.24, 2.45) is 0 Å². The smallest absolute Gasteiger partial charge is 0.106 e. The highest BCUT2D eigenvalue weighted by molar-refractivity contribution is 7.09. The Kier molecular flexibility index (Phi) is 3.91. The summed E-state index contributed by atoms with van der Waals surface area (Å²) in [6.45, 7) is 3.22. The van der Waals surface area contributed by atoms with Crippen LogP contribution in [-0.2, 0) is 6.54 Å². The zero-order valence-corrected chi connectivity index (χ0v) is 9.15. The topological polar surface area (TPSA) is 37.0 Å². The van der Waals surface area contributed by atoms with E-state index in [0.29, 0.717) is 0 Å². The number of nitrogens with zero attached hydrogens (tertiary/aromatic N) is 1.